The Morgan fingerprint density at radius 1 is 1.03 bits per heavy atom. The maximum Gasteiger partial charge on any atom is 0.244 e. The third-order valence-electron chi connectivity index (χ3n) is 5.32. The summed E-state index contributed by atoms with van der Waals surface area (Å²) in [5.74, 6) is 0.771. The van der Waals surface area contributed by atoms with Crippen LogP contribution >= 0.6 is 22.9 Å². The molecule has 0 spiro atoms. The zero-order valence-corrected chi connectivity index (χ0v) is 19.8. The number of benzene rings is 1. The molecule has 1 saturated heterocycles. The van der Waals surface area contributed by atoms with E-state index in [1.807, 2.05) is 34.5 Å². The predicted molar refractivity (Wildman–Crippen MR) is 124 cm³/mol. The molecule has 32 heavy (non-hydrogen) atoms. The Labute approximate surface area is 196 Å². The van der Waals surface area contributed by atoms with Crippen LogP contribution in [-0.4, -0.2) is 61.2 Å². The van der Waals surface area contributed by atoms with Crippen molar-refractivity contribution in [3.8, 4) is 0 Å². The fraction of sp³-hybridized carbons (Fsp3) is 0.318. The molecular formula is C22H24ClN3O4S2. The third kappa shape index (κ3) is 5.41. The molecular weight excluding hydrogens is 470 g/mol. The van der Waals surface area contributed by atoms with Crippen molar-refractivity contribution in [3.05, 3.63) is 75.8 Å². The van der Waals surface area contributed by atoms with Gasteiger partial charge in [0.2, 0.25) is 15.9 Å². The lowest BCUT2D eigenvalue weighted by Crippen LogP contribution is -2.52. The van der Waals surface area contributed by atoms with E-state index in [4.69, 9.17) is 16.0 Å². The first-order valence-electron chi connectivity index (χ1n) is 10.2. The molecule has 1 amide bonds. The maximum atomic E-state index is 13.0. The average Bonchev–Trinajstić information content (AvgIpc) is 3.48. The second kappa shape index (κ2) is 10.2. The van der Waals surface area contributed by atoms with Crippen molar-refractivity contribution < 1.29 is 17.6 Å². The third-order valence-corrected chi connectivity index (χ3v) is 8.58. The maximum absolute atomic E-state index is 13.0. The van der Waals surface area contributed by atoms with E-state index >= 15 is 0 Å². The first-order chi connectivity index (χ1) is 15.4. The molecule has 0 N–H and O–H groups in total. The summed E-state index contributed by atoms with van der Waals surface area (Å²) in [4.78, 5) is 18.0. The van der Waals surface area contributed by atoms with Crippen molar-refractivity contribution in [1.29, 1.82) is 0 Å². The second-order valence-corrected chi connectivity index (χ2v) is 10.9. The number of nitrogens with zero attached hydrogens (tertiary/aromatic N) is 3. The summed E-state index contributed by atoms with van der Waals surface area (Å²) in [5, 5.41) is 2.22. The van der Waals surface area contributed by atoms with Crippen molar-refractivity contribution in [2.24, 2.45) is 0 Å². The molecule has 3 heterocycles. The van der Waals surface area contributed by atoms with Crippen LogP contribution in [0.3, 0.4) is 0 Å². The van der Waals surface area contributed by atoms with Gasteiger partial charge in [0.15, 0.2) is 0 Å². The van der Waals surface area contributed by atoms with Gasteiger partial charge < -0.3 is 9.32 Å². The van der Waals surface area contributed by atoms with E-state index in [0.29, 0.717) is 26.2 Å². The molecule has 170 valence electrons. The highest BCUT2D eigenvalue weighted by molar-refractivity contribution is 7.89. The zero-order chi connectivity index (χ0) is 22.6. The van der Waals surface area contributed by atoms with Crippen molar-refractivity contribution in [2.75, 3.05) is 32.7 Å². The summed E-state index contributed by atoms with van der Waals surface area (Å²) in [5.41, 5.74) is 0. The topological polar surface area (TPSA) is 74.1 Å². The summed E-state index contributed by atoms with van der Waals surface area (Å²) < 4.78 is 32.7. The number of furan rings is 1. The van der Waals surface area contributed by atoms with Crippen LogP contribution in [0.25, 0.3) is 0 Å². The number of carbonyl (C=O) groups is 1. The normalized spacial score (nSPS) is 15.4. The molecule has 0 unspecified atom stereocenters. The van der Waals surface area contributed by atoms with E-state index in [1.54, 1.807) is 40.7 Å². The van der Waals surface area contributed by atoms with Crippen molar-refractivity contribution in [3.63, 3.8) is 0 Å². The first kappa shape index (κ1) is 23.0. The summed E-state index contributed by atoms with van der Waals surface area (Å²) >= 11 is 7.75. The number of thiophene rings is 1. The van der Waals surface area contributed by atoms with E-state index in [9.17, 15) is 13.2 Å². The van der Waals surface area contributed by atoms with Crippen LogP contribution in [-0.2, 0) is 27.9 Å². The smallest absolute Gasteiger partial charge is 0.244 e. The molecule has 0 radical (unpaired) electrons. The fourth-order valence-corrected chi connectivity index (χ4v) is 6.34. The van der Waals surface area contributed by atoms with Crippen LogP contribution in [0.15, 0.2) is 69.5 Å². The Hall–Kier alpha value is -2.17. The Kier molecular flexibility index (Phi) is 7.32. The van der Waals surface area contributed by atoms with Crippen LogP contribution in [0.4, 0.5) is 0 Å². The fourth-order valence-electron chi connectivity index (χ4n) is 3.68. The number of hydrogen-bond acceptors (Lipinski definition) is 6. The number of carbonyl (C=O) groups excluding carboxylic acids is 1. The van der Waals surface area contributed by atoms with Crippen molar-refractivity contribution in [2.45, 2.75) is 18.0 Å². The predicted octanol–water partition coefficient (Wildman–Crippen LogP) is 3.53. The number of piperazine rings is 1. The summed E-state index contributed by atoms with van der Waals surface area (Å²) in [6.45, 7) is 2.56. The van der Waals surface area contributed by atoms with Crippen molar-refractivity contribution in [1.82, 2.24) is 14.1 Å². The molecule has 0 aliphatic carbocycles. The molecule has 2 aromatic heterocycles. The lowest BCUT2D eigenvalue weighted by atomic mass is 10.3. The van der Waals surface area contributed by atoms with Gasteiger partial charge in [-0.2, -0.15) is 4.31 Å². The van der Waals surface area contributed by atoms with Gasteiger partial charge in [-0.3, -0.25) is 9.69 Å². The molecule has 1 fully saturated rings. The van der Waals surface area contributed by atoms with Gasteiger partial charge in [0.1, 0.15) is 10.7 Å². The molecule has 10 heteroatoms. The van der Waals surface area contributed by atoms with Crippen LogP contribution < -0.4 is 0 Å². The number of amides is 1. The van der Waals surface area contributed by atoms with E-state index in [1.165, 1.54) is 15.2 Å². The molecule has 3 aromatic rings. The zero-order valence-electron chi connectivity index (χ0n) is 17.4. The monoisotopic (exact) mass is 493 g/mol. The van der Waals surface area contributed by atoms with Gasteiger partial charge in [0, 0.05) is 37.6 Å². The summed E-state index contributed by atoms with van der Waals surface area (Å²) in [6.07, 6.45) is 1.62. The van der Waals surface area contributed by atoms with Gasteiger partial charge in [-0.1, -0.05) is 29.8 Å². The Bertz CT molecular complexity index is 1090. The highest BCUT2D eigenvalue weighted by Gasteiger charge is 2.31. The van der Waals surface area contributed by atoms with Gasteiger partial charge in [0.05, 0.1) is 24.4 Å². The SMILES string of the molecule is O=C(CN(Cc1ccco1)Cc1cccs1)N1CCN(S(=O)(=O)c2ccccc2Cl)CC1. The molecule has 1 aromatic carbocycles. The van der Waals surface area contributed by atoms with Crippen LogP contribution in [0.1, 0.15) is 10.6 Å². The minimum atomic E-state index is -3.69. The molecule has 1 aliphatic rings. The standard InChI is InChI=1S/C22H24ClN3O4S2/c23-20-7-1-2-8-21(20)32(28,29)26-11-9-25(10-12-26)22(27)17-24(15-18-5-3-13-30-18)16-19-6-4-14-31-19/h1-8,13-14H,9-12,15-17H2. The van der Waals surface area contributed by atoms with E-state index in [-0.39, 0.29) is 35.5 Å². The highest BCUT2D eigenvalue weighted by atomic mass is 35.5. The number of halogens is 1. The second-order valence-electron chi connectivity index (χ2n) is 7.52. The van der Waals surface area contributed by atoms with Crippen LogP contribution in [0, 0.1) is 0 Å². The highest BCUT2D eigenvalue weighted by Crippen LogP contribution is 2.25. The molecule has 7 nitrogen and oxygen atoms in total. The summed E-state index contributed by atoms with van der Waals surface area (Å²) in [7, 11) is -3.69. The Morgan fingerprint density at radius 2 is 1.81 bits per heavy atom. The largest absolute Gasteiger partial charge is 0.468 e. The lowest BCUT2D eigenvalue weighted by Gasteiger charge is -2.35. The van der Waals surface area contributed by atoms with Gasteiger partial charge in [-0.05, 0) is 35.7 Å². The van der Waals surface area contributed by atoms with E-state index in [2.05, 4.69) is 0 Å². The minimum Gasteiger partial charge on any atom is -0.468 e. The van der Waals surface area contributed by atoms with Gasteiger partial charge >= 0.3 is 0 Å². The molecule has 0 saturated carbocycles. The minimum absolute atomic E-state index is 0.0251. The van der Waals surface area contributed by atoms with E-state index < -0.39 is 10.0 Å². The number of sulfonamides is 1. The van der Waals surface area contributed by atoms with Gasteiger partial charge in [-0.15, -0.1) is 11.3 Å². The molecule has 4 rings (SSSR count). The van der Waals surface area contributed by atoms with E-state index in [0.717, 1.165) is 5.76 Å². The van der Waals surface area contributed by atoms with Crippen LogP contribution in [0.2, 0.25) is 5.02 Å². The Balaban J connectivity index is 1.38. The quantitative estimate of drug-likeness (QED) is 0.480. The van der Waals surface area contributed by atoms with Crippen LogP contribution in [0.5, 0.6) is 0 Å². The average molecular weight is 494 g/mol. The number of hydrogen-bond donors (Lipinski definition) is 0. The molecule has 0 bridgehead atoms. The van der Waals surface area contributed by atoms with Crippen molar-refractivity contribution >= 4 is 38.9 Å². The molecule has 0 atom stereocenters. The van der Waals surface area contributed by atoms with Gasteiger partial charge in [0.25, 0.3) is 0 Å². The molecule has 1 aliphatic heterocycles. The lowest BCUT2D eigenvalue weighted by molar-refractivity contribution is -0.133. The first-order valence-corrected chi connectivity index (χ1v) is 12.9. The Morgan fingerprint density at radius 3 is 2.47 bits per heavy atom. The number of rotatable bonds is 8. The summed E-state index contributed by atoms with van der Waals surface area (Å²) in [6, 6.07) is 14.2. The van der Waals surface area contributed by atoms with Gasteiger partial charge in [-0.25, -0.2) is 8.42 Å².